The summed E-state index contributed by atoms with van der Waals surface area (Å²) in [5.41, 5.74) is 1.27. The normalized spacial score (nSPS) is 16.6. The molecule has 27 heavy (non-hydrogen) atoms. The average Bonchev–Trinajstić information content (AvgIpc) is 3.30. The van der Waals surface area contributed by atoms with Gasteiger partial charge in [-0.15, -0.1) is 17.9 Å². The molecule has 0 aromatic carbocycles. The minimum atomic E-state index is 0.0472. The number of hydrogen-bond donors (Lipinski definition) is 0. The van der Waals surface area contributed by atoms with Gasteiger partial charge >= 0.3 is 0 Å². The second-order valence-corrected chi connectivity index (χ2v) is 9.13. The summed E-state index contributed by atoms with van der Waals surface area (Å²) in [7, 11) is 0. The molecule has 1 saturated carbocycles. The summed E-state index contributed by atoms with van der Waals surface area (Å²) in [5.74, 6) is 2.38. The lowest BCUT2D eigenvalue weighted by atomic mass is 9.97. The maximum absolute atomic E-state index is 13.2. The van der Waals surface area contributed by atoms with Crippen LogP contribution in [0, 0.1) is 0 Å². The molecule has 3 aromatic rings. The first kappa shape index (κ1) is 17.2. The Bertz CT molecular complexity index is 1080. The molecule has 2 aliphatic carbocycles. The van der Waals surface area contributed by atoms with Crippen LogP contribution in [0.2, 0.25) is 0 Å². The summed E-state index contributed by atoms with van der Waals surface area (Å²) in [6.07, 6.45) is 8.43. The van der Waals surface area contributed by atoms with E-state index in [4.69, 9.17) is 9.51 Å². The zero-order valence-electron chi connectivity index (χ0n) is 14.9. The van der Waals surface area contributed by atoms with E-state index in [0.717, 1.165) is 48.1 Å². The summed E-state index contributed by atoms with van der Waals surface area (Å²) in [6, 6.07) is 0. The molecule has 0 N–H and O–H groups in total. The number of aryl methyl sites for hydroxylation is 2. The zero-order valence-corrected chi connectivity index (χ0v) is 16.6. The Labute approximate surface area is 164 Å². The number of fused-ring (bicyclic) bond motifs is 3. The number of nitrogens with zero attached hydrogens (tertiary/aromatic N) is 4. The smallest absolute Gasteiger partial charge is 0.263 e. The number of allylic oxidation sites excluding steroid dienone is 1. The lowest BCUT2D eigenvalue weighted by Gasteiger charge is -2.11. The van der Waals surface area contributed by atoms with Gasteiger partial charge in [0, 0.05) is 17.3 Å². The molecule has 0 amide bonds. The molecule has 3 heterocycles. The first-order valence-corrected chi connectivity index (χ1v) is 11.2. The van der Waals surface area contributed by atoms with Gasteiger partial charge in [-0.1, -0.05) is 23.0 Å². The second kappa shape index (κ2) is 6.91. The van der Waals surface area contributed by atoms with E-state index in [0.29, 0.717) is 29.3 Å². The van der Waals surface area contributed by atoms with Crippen molar-refractivity contribution in [2.24, 2.45) is 0 Å². The van der Waals surface area contributed by atoms with Gasteiger partial charge in [0.2, 0.25) is 5.89 Å². The van der Waals surface area contributed by atoms with Crippen LogP contribution < -0.4 is 5.56 Å². The van der Waals surface area contributed by atoms with Gasteiger partial charge in [-0.2, -0.15) is 4.98 Å². The minimum Gasteiger partial charge on any atom is -0.338 e. The third-order valence-corrected chi connectivity index (χ3v) is 7.25. The van der Waals surface area contributed by atoms with Gasteiger partial charge in [0.15, 0.2) is 11.0 Å². The second-order valence-electron chi connectivity index (χ2n) is 7.10. The van der Waals surface area contributed by atoms with E-state index in [-0.39, 0.29) is 5.56 Å². The number of rotatable bonds is 6. The maximum Gasteiger partial charge on any atom is 0.263 e. The zero-order chi connectivity index (χ0) is 18.4. The third kappa shape index (κ3) is 3.14. The van der Waals surface area contributed by atoms with Gasteiger partial charge in [0.1, 0.15) is 4.83 Å². The summed E-state index contributed by atoms with van der Waals surface area (Å²) in [6.45, 7) is 4.26. The van der Waals surface area contributed by atoms with Crippen LogP contribution >= 0.6 is 23.1 Å². The maximum atomic E-state index is 13.2. The molecule has 0 bridgehead atoms. The number of aromatic nitrogens is 4. The Kier molecular flexibility index (Phi) is 4.40. The highest BCUT2D eigenvalue weighted by Crippen LogP contribution is 2.38. The first-order chi connectivity index (χ1) is 13.2. The predicted octanol–water partition coefficient (Wildman–Crippen LogP) is 4.08. The topological polar surface area (TPSA) is 73.8 Å². The molecule has 0 saturated heterocycles. The standard InChI is InChI=1S/C19H20N4O2S2/c1-2-9-23-18(24)15-12-5-3-4-6-13(12)27-17(15)21-19(23)26-10-14-20-16(22-25-14)11-7-8-11/h2,11H,1,3-10H2. The van der Waals surface area contributed by atoms with E-state index in [9.17, 15) is 4.79 Å². The Morgan fingerprint density at radius 3 is 2.96 bits per heavy atom. The lowest BCUT2D eigenvalue weighted by molar-refractivity contribution is 0.385. The molecule has 2 aliphatic rings. The van der Waals surface area contributed by atoms with E-state index < -0.39 is 0 Å². The van der Waals surface area contributed by atoms with E-state index in [1.807, 2.05) is 0 Å². The molecule has 0 spiro atoms. The SMILES string of the molecule is C=CCn1c(SCc2nc(C3CC3)no2)nc2sc3c(c2c1=O)CCCC3. The molecular weight excluding hydrogens is 380 g/mol. The van der Waals surface area contributed by atoms with Crippen molar-refractivity contribution >= 4 is 33.3 Å². The molecule has 0 radical (unpaired) electrons. The largest absolute Gasteiger partial charge is 0.338 e. The molecule has 0 atom stereocenters. The molecule has 3 aromatic heterocycles. The van der Waals surface area contributed by atoms with Crippen LogP contribution in [0.3, 0.4) is 0 Å². The van der Waals surface area contributed by atoms with E-state index in [2.05, 4.69) is 16.7 Å². The third-order valence-electron chi connectivity index (χ3n) is 5.10. The first-order valence-electron chi connectivity index (χ1n) is 9.36. The van der Waals surface area contributed by atoms with Crippen molar-refractivity contribution in [3.05, 3.63) is 45.2 Å². The summed E-state index contributed by atoms with van der Waals surface area (Å²) in [5, 5.41) is 5.56. The van der Waals surface area contributed by atoms with Crippen LogP contribution in [0.1, 0.15) is 53.8 Å². The quantitative estimate of drug-likeness (QED) is 0.353. The van der Waals surface area contributed by atoms with Crippen molar-refractivity contribution < 1.29 is 4.52 Å². The van der Waals surface area contributed by atoms with Gasteiger partial charge in [-0.3, -0.25) is 9.36 Å². The molecular formula is C19H20N4O2S2. The van der Waals surface area contributed by atoms with Crippen LogP contribution in [0.4, 0.5) is 0 Å². The molecule has 140 valence electrons. The highest BCUT2D eigenvalue weighted by molar-refractivity contribution is 7.98. The minimum absolute atomic E-state index is 0.0472. The molecule has 1 fully saturated rings. The van der Waals surface area contributed by atoms with Crippen molar-refractivity contribution in [3.8, 4) is 0 Å². The van der Waals surface area contributed by atoms with Gasteiger partial charge in [-0.25, -0.2) is 4.98 Å². The predicted molar refractivity (Wildman–Crippen MR) is 107 cm³/mol. The molecule has 0 aliphatic heterocycles. The van der Waals surface area contributed by atoms with Gasteiger partial charge in [-0.05, 0) is 44.1 Å². The van der Waals surface area contributed by atoms with Crippen LogP contribution in [-0.4, -0.2) is 19.7 Å². The molecule has 6 nitrogen and oxygen atoms in total. The highest BCUT2D eigenvalue weighted by Gasteiger charge is 2.29. The number of thioether (sulfide) groups is 1. The van der Waals surface area contributed by atoms with Gasteiger partial charge < -0.3 is 4.52 Å². The Balaban J connectivity index is 1.50. The van der Waals surface area contributed by atoms with Crippen LogP contribution in [-0.2, 0) is 25.1 Å². The van der Waals surface area contributed by atoms with Crippen LogP contribution in [0.25, 0.3) is 10.2 Å². The summed E-state index contributed by atoms with van der Waals surface area (Å²) >= 11 is 3.15. The molecule has 0 unspecified atom stereocenters. The summed E-state index contributed by atoms with van der Waals surface area (Å²) in [4.78, 5) is 24.7. The van der Waals surface area contributed by atoms with Gasteiger partial charge in [0.25, 0.3) is 5.56 Å². The monoisotopic (exact) mass is 400 g/mol. The Hall–Kier alpha value is -1.93. The van der Waals surface area contributed by atoms with Gasteiger partial charge in [0.05, 0.1) is 11.1 Å². The highest BCUT2D eigenvalue weighted by atomic mass is 32.2. The van der Waals surface area contributed by atoms with Crippen molar-refractivity contribution in [3.63, 3.8) is 0 Å². The van der Waals surface area contributed by atoms with Crippen molar-refractivity contribution in [2.45, 2.75) is 61.9 Å². The number of hydrogen-bond acceptors (Lipinski definition) is 7. The Morgan fingerprint density at radius 1 is 1.30 bits per heavy atom. The number of thiophene rings is 1. The van der Waals surface area contributed by atoms with E-state index in [1.54, 1.807) is 22.0 Å². The molecule has 5 rings (SSSR count). The summed E-state index contributed by atoms with van der Waals surface area (Å²) < 4.78 is 7.08. The van der Waals surface area contributed by atoms with Crippen molar-refractivity contribution in [1.82, 2.24) is 19.7 Å². The molecule has 8 heteroatoms. The van der Waals surface area contributed by atoms with Crippen molar-refractivity contribution in [2.75, 3.05) is 0 Å². The Morgan fingerprint density at radius 2 is 2.15 bits per heavy atom. The fourth-order valence-electron chi connectivity index (χ4n) is 3.58. The van der Waals surface area contributed by atoms with Crippen LogP contribution in [0.5, 0.6) is 0 Å². The average molecular weight is 401 g/mol. The van der Waals surface area contributed by atoms with E-state index in [1.165, 1.54) is 28.6 Å². The fraction of sp³-hybridized carbons (Fsp3) is 0.474. The van der Waals surface area contributed by atoms with E-state index >= 15 is 0 Å². The lowest BCUT2D eigenvalue weighted by Crippen LogP contribution is -2.23. The van der Waals surface area contributed by atoms with Crippen molar-refractivity contribution in [1.29, 1.82) is 0 Å². The van der Waals surface area contributed by atoms with Crippen LogP contribution in [0.15, 0.2) is 27.1 Å². The fourth-order valence-corrected chi connectivity index (χ4v) is 5.73.